The second kappa shape index (κ2) is 8.98. The summed E-state index contributed by atoms with van der Waals surface area (Å²) in [5.74, 6) is 0. The molecule has 0 radical (unpaired) electrons. The van der Waals surface area contributed by atoms with Crippen LogP contribution in [0.3, 0.4) is 0 Å². The SMILES string of the molecule is CC1(C)COPOC1.C[CH-]C.[U]. The molecule has 0 bridgehead atoms. The fourth-order valence-corrected chi connectivity index (χ4v) is 1.52. The van der Waals surface area contributed by atoms with E-state index in [1.807, 2.05) is 20.3 Å². The minimum absolute atomic E-state index is 0. The average molecular weight is 415 g/mol. The van der Waals surface area contributed by atoms with Crippen molar-refractivity contribution in [2.24, 2.45) is 5.41 Å². The summed E-state index contributed by atoms with van der Waals surface area (Å²) >= 11 is 0. The van der Waals surface area contributed by atoms with Gasteiger partial charge < -0.3 is 15.5 Å². The zero-order valence-corrected chi connectivity index (χ0v) is 13.5. The molecule has 0 aromatic rings. The Labute approximate surface area is 101 Å². The molecule has 72 valence electrons. The first kappa shape index (κ1) is 15.9. The van der Waals surface area contributed by atoms with Crippen LogP contribution < -0.4 is 0 Å². The van der Waals surface area contributed by atoms with Crippen molar-refractivity contribution in [2.75, 3.05) is 13.2 Å². The molecule has 0 N–H and O–H groups in total. The second-order valence-corrected chi connectivity index (χ2v) is 4.15. The van der Waals surface area contributed by atoms with Crippen molar-refractivity contribution < 1.29 is 40.2 Å². The zero-order chi connectivity index (χ0) is 8.74. The summed E-state index contributed by atoms with van der Waals surface area (Å²) in [6.45, 7) is 9.95. The summed E-state index contributed by atoms with van der Waals surface area (Å²) in [6, 6.07) is 0. The van der Waals surface area contributed by atoms with Crippen LogP contribution in [0.5, 0.6) is 0 Å². The third-order valence-corrected chi connectivity index (χ3v) is 1.57. The standard InChI is InChI=1S/C5H11O2P.C3H7.U/c1-5(2)3-6-8-7-4-5;1-3-2;/h8H,3-4H2,1-2H3;3H,1-2H3;/q;-1;. The van der Waals surface area contributed by atoms with Crippen LogP contribution in [0.2, 0.25) is 0 Å². The molecule has 12 heavy (non-hydrogen) atoms. The Hall–Kier alpha value is 1.40. The minimum atomic E-state index is 0. The molecule has 0 atom stereocenters. The van der Waals surface area contributed by atoms with E-state index >= 15 is 0 Å². The Bertz CT molecular complexity index is 91.1. The topological polar surface area (TPSA) is 18.5 Å². The average Bonchev–Trinajstić information content (AvgIpc) is 1.88. The van der Waals surface area contributed by atoms with Crippen molar-refractivity contribution >= 4 is 9.03 Å². The summed E-state index contributed by atoms with van der Waals surface area (Å²) in [7, 11) is 0.268. The molecule has 2 nitrogen and oxygen atoms in total. The van der Waals surface area contributed by atoms with Crippen LogP contribution in [0.4, 0.5) is 0 Å². The van der Waals surface area contributed by atoms with E-state index in [2.05, 4.69) is 13.8 Å². The van der Waals surface area contributed by atoms with Gasteiger partial charge in [0.25, 0.3) is 0 Å². The van der Waals surface area contributed by atoms with E-state index in [-0.39, 0.29) is 45.6 Å². The first-order valence-corrected chi connectivity index (χ1v) is 4.66. The Morgan fingerprint density at radius 3 is 1.67 bits per heavy atom. The van der Waals surface area contributed by atoms with Gasteiger partial charge in [-0.3, -0.25) is 0 Å². The quantitative estimate of drug-likeness (QED) is 0.448. The van der Waals surface area contributed by atoms with E-state index in [1.165, 1.54) is 0 Å². The predicted molar refractivity (Wildman–Crippen MR) is 49.6 cm³/mol. The van der Waals surface area contributed by atoms with Crippen LogP contribution >= 0.6 is 9.03 Å². The fourth-order valence-electron chi connectivity index (χ4n) is 0.533. The molecule has 4 heteroatoms. The van der Waals surface area contributed by atoms with E-state index in [9.17, 15) is 0 Å². The van der Waals surface area contributed by atoms with E-state index in [4.69, 9.17) is 9.05 Å². The molecule has 1 aliphatic heterocycles. The van der Waals surface area contributed by atoms with Crippen LogP contribution in [0, 0.1) is 42.9 Å². The zero-order valence-electron chi connectivity index (χ0n) is 8.31. The molecule has 0 unspecified atom stereocenters. The molecule has 1 heterocycles. The van der Waals surface area contributed by atoms with Gasteiger partial charge in [-0.15, -0.1) is 0 Å². The molecular weight excluding hydrogens is 397 g/mol. The van der Waals surface area contributed by atoms with Gasteiger partial charge >= 0.3 is 0 Å². The van der Waals surface area contributed by atoms with E-state index in [0.717, 1.165) is 13.2 Å². The summed E-state index contributed by atoms with van der Waals surface area (Å²) < 4.78 is 10.2. The smallest absolute Gasteiger partial charge is 0.155 e. The molecule has 0 aliphatic carbocycles. The maximum absolute atomic E-state index is 5.09. The fraction of sp³-hybridized carbons (Fsp3) is 0.875. The first-order valence-electron chi connectivity index (χ1n) is 3.85. The van der Waals surface area contributed by atoms with Crippen molar-refractivity contribution in [3.05, 3.63) is 6.42 Å². The van der Waals surface area contributed by atoms with E-state index < -0.39 is 0 Å². The Balaban J connectivity index is 0. The molecule has 0 spiro atoms. The molecule has 1 fully saturated rings. The third kappa shape index (κ3) is 9.49. The Morgan fingerprint density at radius 2 is 1.50 bits per heavy atom. The van der Waals surface area contributed by atoms with Gasteiger partial charge in [0.1, 0.15) is 0 Å². The van der Waals surface area contributed by atoms with Crippen molar-refractivity contribution in [1.82, 2.24) is 0 Å². The maximum atomic E-state index is 5.09. The molecule has 0 saturated carbocycles. The summed E-state index contributed by atoms with van der Waals surface area (Å²) in [6.07, 6.45) is 2.00. The molecule has 1 rings (SSSR count). The van der Waals surface area contributed by atoms with Gasteiger partial charge in [-0.1, -0.05) is 13.8 Å². The van der Waals surface area contributed by atoms with Crippen LogP contribution in [0.15, 0.2) is 0 Å². The van der Waals surface area contributed by atoms with Gasteiger partial charge in [0.15, 0.2) is 9.03 Å². The van der Waals surface area contributed by atoms with Gasteiger partial charge in [0, 0.05) is 36.5 Å². The molecule has 0 amide bonds. The first-order chi connectivity index (χ1) is 5.12. The summed E-state index contributed by atoms with van der Waals surface area (Å²) in [4.78, 5) is 0. The number of hydrogen-bond donors (Lipinski definition) is 0. The van der Waals surface area contributed by atoms with E-state index in [1.54, 1.807) is 0 Å². The summed E-state index contributed by atoms with van der Waals surface area (Å²) in [5, 5.41) is 0. The van der Waals surface area contributed by atoms with Gasteiger partial charge in [-0.25, -0.2) is 0 Å². The minimum Gasteiger partial charge on any atom is -0.336 e. The largest absolute Gasteiger partial charge is 0.336 e. The molecule has 0 aromatic carbocycles. The van der Waals surface area contributed by atoms with Crippen LogP contribution in [0.1, 0.15) is 27.7 Å². The van der Waals surface area contributed by atoms with Crippen molar-refractivity contribution in [3.8, 4) is 0 Å². The van der Waals surface area contributed by atoms with Gasteiger partial charge in [-0.2, -0.15) is 13.8 Å². The normalized spacial score (nSPS) is 20.0. The number of hydrogen-bond acceptors (Lipinski definition) is 2. The van der Waals surface area contributed by atoms with Crippen molar-refractivity contribution in [2.45, 2.75) is 27.7 Å². The van der Waals surface area contributed by atoms with E-state index in [0.29, 0.717) is 0 Å². The van der Waals surface area contributed by atoms with Gasteiger partial charge in [-0.05, 0) is 0 Å². The molecule has 1 saturated heterocycles. The van der Waals surface area contributed by atoms with Crippen LogP contribution in [-0.2, 0) is 9.05 Å². The number of rotatable bonds is 0. The Kier molecular flexibility index (Phi) is 11.9. The second-order valence-electron chi connectivity index (χ2n) is 3.40. The molecule has 1 aliphatic rings. The van der Waals surface area contributed by atoms with Crippen molar-refractivity contribution in [3.63, 3.8) is 0 Å². The molecular formula is C8H18O2PU-. The van der Waals surface area contributed by atoms with Crippen LogP contribution in [-0.4, -0.2) is 13.2 Å². The van der Waals surface area contributed by atoms with Crippen LogP contribution in [0.25, 0.3) is 0 Å². The maximum Gasteiger partial charge on any atom is 0.155 e. The predicted octanol–water partition coefficient (Wildman–Crippen LogP) is 2.80. The third-order valence-electron chi connectivity index (χ3n) is 1.04. The summed E-state index contributed by atoms with van der Waals surface area (Å²) in [5.41, 5.74) is 0.241. The van der Waals surface area contributed by atoms with Gasteiger partial charge in [0.2, 0.25) is 0 Å². The molecule has 0 aromatic heterocycles. The Morgan fingerprint density at radius 1 is 1.17 bits per heavy atom. The monoisotopic (exact) mass is 415 g/mol. The van der Waals surface area contributed by atoms with Crippen molar-refractivity contribution in [1.29, 1.82) is 0 Å². The van der Waals surface area contributed by atoms with Gasteiger partial charge in [0.05, 0.1) is 13.2 Å².